The molecule has 0 radical (unpaired) electrons. The highest BCUT2D eigenvalue weighted by Gasteiger charge is 2.22. The van der Waals surface area contributed by atoms with Crippen molar-refractivity contribution in [2.75, 3.05) is 28.4 Å². The predicted octanol–water partition coefficient (Wildman–Crippen LogP) is 1.38. The van der Waals surface area contributed by atoms with Crippen molar-refractivity contribution in [3.8, 4) is 5.75 Å². The number of nitrogens with one attached hydrogen (secondary N) is 1. The third-order valence-corrected chi connectivity index (χ3v) is 3.82. The first kappa shape index (κ1) is 16.7. The van der Waals surface area contributed by atoms with E-state index in [-0.39, 0.29) is 0 Å². The molecule has 22 heavy (non-hydrogen) atoms. The molecule has 0 spiro atoms. The number of rotatable bonds is 7. The maximum absolute atomic E-state index is 5.46. The minimum Gasteiger partial charge on any atom is -0.494 e. The zero-order valence-electron chi connectivity index (χ0n) is 13.8. The SMILES string of the molecule is CN[C@H](C)Cc1ccc2c(B(OC)OC)ccc(OC)c2n1. The molecule has 118 valence electrons. The molecule has 0 aliphatic carbocycles. The van der Waals surface area contributed by atoms with Gasteiger partial charge in [-0.3, -0.25) is 0 Å². The molecule has 0 saturated heterocycles. The van der Waals surface area contributed by atoms with E-state index in [0.717, 1.165) is 34.2 Å². The summed E-state index contributed by atoms with van der Waals surface area (Å²) in [5, 5.41) is 4.21. The van der Waals surface area contributed by atoms with Gasteiger partial charge in [0, 0.05) is 37.8 Å². The summed E-state index contributed by atoms with van der Waals surface area (Å²) in [4.78, 5) is 4.77. The van der Waals surface area contributed by atoms with Gasteiger partial charge in [-0.25, -0.2) is 4.98 Å². The maximum Gasteiger partial charge on any atom is 0.494 e. The van der Waals surface area contributed by atoms with Crippen molar-refractivity contribution in [2.45, 2.75) is 19.4 Å². The van der Waals surface area contributed by atoms with E-state index in [1.807, 2.05) is 25.2 Å². The van der Waals surface area contributed by atoms with Crippen molar-refractivity contribution in [3.63, 3.8) is 0 Å². The Balaban J connectivity index is 2.54. The van der Waals surface area contributed by atoms with Gasteiger partial charge in [-0.05, 0) is 31.6 Å². The average Bonchev–Trinajstić information content (AvgIpc) is 2.55. The molecule has 1 N–H and O–H groups in total. The van der Waals surface area contributed by atoms with Crippen molar-refractivity contribution in [1.29, 1.82) is 0 Å². The zero-order valence-corrected chi connectivity index (χ0v) is 13.8. The lowest BCUT2D eigenvalue weighted by molar-refractivity contribution is 0.292. The second-order valence-corrected chi connectivity index (χ2v) is 5.25. The highest BCUT2D eigenvalue weighted by Crippen LogP contribution is 2.23. The molecule has 0 bridgehead atoms. The van der Waals surface area contributed by atoms with Crippen molar-refractivity contribution in [2.24, 2.45) is 0 Å². The van der Waals surface area contributed by atoms with E-state index in [0.29, 0.717) is 6.04 Å². The molecular formula is C16H23BN2O3. The van der Waals surface area contributed by atoms with Crippen LogP contribution in [0.1, 0.15) is 12.6 Å². The lowest BCUT2D eigenvalue weighted by Crippen LogP contribution is -2.35. The average molecular weight is 302 g/mol. The quantitative estimate of drug-likeness (QED) is 0.783. The van der Waals surface area contributed by atoms with Gasteiger partial charge in [0.2, 0.25) is 0 Å². The molecular weight excluding hydrogens is 279 g/mol. The smallest absolute Gasteiger partial charge is 0.494 e. The van der Waals surface area contributed by atoms with Crippen molar-refractivity contribution >= 4 is 23.5 Å². The fourth-order valence-electron chi connectivity index (χ4n) is 2.50. The number of methoxy groups -OCH3 is 1. The summed E-state index contributed by atoms with van der Waals surface area (Å²) in [6.07, 6.45) is 0.859. The molecule has 1 heterocycles. The Bertz CT molecular complexity index is 632. The topological polar surface area (TPSA) is 52.6 Å². The summed E-state index contributed by atoms with van der Waals surface area (Å²) in [7, 11) is 6.44. The van der Waals surface area contributed by atoms with E-state index in [2.05, 4.69) is 18.3 Å². The molecule has 1 aromatic carbocycles. The predicted molar refractivity (Wildman–Crippen MR) is 89.9 cm³/mol. The molecule has 0 aliphatic rings. The first-order valence-corrected chi connectivity index (χ1v) is 7.34. The minimum atomic E-state index is -0.419. The molecule has 1 atom stereocenters. The number of benzene rings is 1. The van der Waals surface area contributed by atoms with Crippen LogP contribution >= 0.6 is 0 Å². The van der Waals surface area contributed by atoms with Gasteiger partial charge in [0.05, 0.1) is 7.11 Å². The van der Waals surface area contributed by atoms with Gasteiger partial charge < -0.3 is 19.4 Å². The van der Waals surface area contributed by atoms with E-state index < -0.39 is 7.12 Å². The second kappa shape index (κ2) is 7.58. The summed E-state index contributed by atoms with van der Waals surface area (Å²) < 4.78 is 16.2. The molecule has 0 fully saturated rings. The van der Waals surface area contributed by atoms with E-state index in [9.17, 15) is 0 Å². The normalized spacial score (nSPS) is 12.4. The van der Waals surface area contributed by atoms with Crippen LogP contribution < -0.4 is 15.5 Å². The van der Waals surface area contributed by atoms with Crippen LogP contribution in [0.2, 0.25) is 0 Å². The van der Waals surface area contributed by atoms with Crippen LogP contribution in [0, 0.1) is 0 Å². The molecule has 0 unspecified atom stereocenters. The van der Waals surface area contributed by atoms with Crippen LogP contribution in [0.3, 0.4) is 0 Å². The first-order chi connectivity index (χ1) is 10.6. The van der Waals surface area contributed by atoms with Crippen LogP contribution in [0.25, 0.3) is 10.9 Å². The largest absolute Gasteiger partial charge is 0.494 e. The van der Waals surface area contributed by atoms with E-state index in [1.165, 1.54) is 0 Å². The third kappa shape index (κ3) is 3.40. The first-order valence-electron chi connectivity index (χ1n) is 7.34. The molecule has 0 saturated carbocycles. The highest BCUT2D eigenvalue weighted by molar-refractivity contribution is 6.64. The fraction of sp³-hybridized carbons (Fsp3) is 0.438. The third-order valence-electron chi connectivity index (χ3n) is 3.82. The molecule has 1 aromatic heterocycles. The van der Waals surface area contributed by atoms with Gasteiger partial charge >= 0.3 is 7.12 Å². The summed E-state index contributed by atoms with van der Waals surface area (Å²) in [6, 6.07) is 8.33. The zero-order chi connectivity index (χ0) is 16.1. The van der Waals surface area contributed by atoms with E-state index in [4.69, 9.17) is 19.0 Å². The molecule has 0 aliphatic heterocycles. The number of fused-ring (bicyclic) bond motifs is 1. The Morgan fingerprint density at radius 1 is 1.14 bits per heavy atom. The van der Waals surface area contributed by atoms with Gasteiger partial charge in [0.25, 0.3) is 0 Å². The van der Waals surface area contributed by atoms with Gasteiger partial charge in [-0.2, -0.15) is 0 Å². The Kier molecular flexibility index (Phi) is 5.77. The summed E-state index contributed by atoms with van der Waals surface area (Å²) in [6.45, 7) is 2.13. The Labute approximate surface area is 132 Å². The summed E-state index contributed by atoms with van der Waals surface area (Å²) in [5.74, 6) is 0.753. The number of pyridine rings is 1. The van der Waals surface area contributed by atoms with Crippen LogP contribution in [0.5, 0.6) is 5.75 Å². The Morgan fingerprint density at radius 3 is 2.45 bits per heavy atom. The van der Waals surface area contributed by atoms with Crippen molar-refractivity contribution in [3.05, 3.63) is 30.0 Å². The standard InChI is InChI=1S/C16H23BN2O3/c1-11(18-2)10-12-6-7-13-14(17(21-4)22-5)8-9-15(20-3)16(13)19-12/h6-9,11,18H,10H2,1-5H3/t11-/m1/s1. The summed E-state index contributed by atoms with van der Waals surface area (Å²) in [5.41, 5.74) is 2.80. The number of hydrogen-bond donors (Lipinski definition) is 1. The second-order valence-electron chi connectivity index (χ2n) is 5.25. The molecule has 6 heteroatoms. The Hall–Kier alpha value is -1.63. The van der Waals surface area contributed by atoms with Crippen LogP contribution in [-0.2, 0) is 15.7 Å². The van der Waals surface area contributed by atoms with Crippen molar-refractivity contribution in [1.82, 2.24) is 10.3 Å². The summed E-state index contributed by atoms with van der Waals surface area (Å²) >= 11 is 0. The number of aromatic nitrogens is 1. The number of likely N-dealkylation sites (N-methyl/N-ethyl adjacent to an activating group) is 1. The molecule has 2 aromatic rings. The fourth-order valence-corrected chi connectivity index (χ4v) is 2.50. The monoisotopic (exact) mass is 302 g/mol. The minimum absolute atomic E-state index is 0.366. The van der Waals surface area contributed by atoms with Gasteiger partial charge in [-0.15, -0.1) is 0 Å². The molecule has 2 rings (SSSR count). The lowest BCUT2D eigenvalue weighted by Gasteiger charge is -2.15. The van der Waals surface area contributed by atoms with E-state index >= 15 is 0 Å². The lowest BCUT2D eigenvalue weighted by atomic mass is 9.76. The molecule has 0 amide bonds. The van der Waals surface area contributed by atoms with Gasteiger partial charge in [0.1, 0.15) is 11.3 Å². The molecule has 5 nitrogen and oxygen atoms in total. The maximum atomic E-state index is 5.46. The van der Waals surface area contributed by atoms with Gasteiger partial charge in [0.15, 0.2) is 0 Å². The van der Waals surface area contributed by atoms with Crippen LogP contribution in [0.4, 0.5) is 0 Å². The Morgan fingerprint density at radius 2 is 1.86 bits per heavy atom. The van der Waals surface area contributed by atoms with E-state index in [1.54, 1.807) is 21.3 Å². The number of hydrogen-bond acceptors (Lipinski definition) is 5. The van der Waals surface area contributed by atoms with Gasteiger partial charge in [-0.1, -0.05) is 12.1 Å². The number of ether oxygens (including phenoxy) is 1. The van der Waals surface area contributed by atoms with Crippen LogP contribution in [-0.4, -0.2) is 46.5 Å². The van der Waals surface area contributed by atoms with Crippen LogP contribution in [0.15, 0.2) is 24.3 Å². The highest BCUT2D eigenvalue weighted by atomic mass is 16.6. The van der Waals surface area contributed by atoms with Crippen molar-refractivity contribution < 1.29 is 14.0 Å². The number of nitrogens with zero attached hydrogens (tertiary/aromatic N) is 1.